The van der Waals surface area contributed by atoms with Crippen molar-refractivity contribution in [3.8, 4) is 0 Å². The van der Waals surface area contributed by atoms with Gasteiger partial charge in [0.1, 0.15) is 0 Å². The zero-order chi connectivity index (χ0) is 12.8. The average molecular weight is 253 g/mol. The van der Waals surface area contributed by atoms with Gasteiger partial charge in [0, 0.05) is 38.3 Å². The van der Waals surface area contributed by atoms with E-state index in [9.17, 15) is 0 Å². The molecule has 3 nitrogen and oxygen atoms in total. The monoisotopic (exact) mass is 253 g/mol. The quantitative estimate of drug-likeness (QED) is 0.713. The SMILES string of the molecule is CCNC(CC)CCCN1CCN(C2CC2)CC1. The average Bonchev–Trinajstić information content (AvgIpc) is 3.23. The van der Waals surface area contributed by atoms with Crippen LogP contribution >= 0.6 is 0 Å². The second-order valence-electron chi connectivity index (χ2n) is 5.91. The highest BCUT2D eigenvalue weighted by atomic mass is 15.3. The molecule has 1 saturated carbocycles. The van der Waals surface area contributed by atoms with E-state index in [-0.39, 0.29) is 0 Å². The molecule has 0 radical (unpaired) electrons. The van der Waals surface area contributed by atoms with Gasteiger partial charge in [0.2, 0.25) is 0 Å². The van der Waals surface area contributed by atoms with Crippen molar-refractivity contribution in [2.24, 2.45) is 0 Å². The number of rotatable bonds is 8. The molecule has 3 heteroatoms. The van der Waals surface area contributed by atoms with Crippen LogP contribution in [0.1, 0.15) is 46.0 Å². The Morgan fingerprint density at radius 3 is 2.39 bits per heavy atom. The molecule has 0 spiro atoms. The lowest BCUT2D eigenvalue weighted by Gasteiger charge is -2.35. The lowest BCUT2D eigenvalue weighted by Crippen LogP contribution is -2.47. The summed E-state index contributed by atoms with van der Waals surface area (Å²) < 4.78 is 0. The van der Waals surface area contributed by atoms with Gasteiger partial charge in [0.05, 0.1) is 0 Å². The lowest BCUT2D eigenvalue weighted by atomic mass is 10.1. The molecule has 0 bridgehead atoms. The first kappa shape index (κ1) is 14.3. The van der Waals surface area contributed by atoms with Crippen LogP contribution in [-0.2, 0) is 0 Å². The zero-order valence-corrected chi connectivity index (χ0v) is 12.3. The highest BCUT2D eigenvalue weighted by Crippen LogP contribution is 2.27. The molecule has 0 amide bonds. The highest BCUT2D eigenvalue weighted by Gasteiger charge is 2.30. The van der Waals surface area contributed by atoms with E-state index < -0.39 is 0 Å². The van der Waals surface area contributed by atoms with Crippen LogP contribution < -0.4 is 5.32 Å². The number of hydrogen-bond donors (Lipinski definition) is 1. The predicted molar refractivity (Wildman–Crippen MR) is 78.0 cm³/mol. The molecule has 0 aromatic heterocycles. The van der Waals surface area contributed by atoms with Crippen molar-refractivity contribution >= 4 is 0 Å². The lowest BCUT2D eigenvalue weighted by molar-refractivity contribution is 0.124. The summed E-state index contributed by atoms with van der Waals surface area (Å²) in [6, 6.07) is 1.70. The molecule has 1 heterocycles. The first-order valence-electron chi connectivity index (χ1n) is 8.03. The molecule has 1 aliphatic heterocycles. The zero-order valence-electron chi connectivity index (χ0n) is 12.3. The maximum atomic E-state index is 3.57. The topological polar surface area (TPSA) is 18.5 Å². The standard InChI is InChI=1S/C15H31N3/c1-3-14(16-4-2)6-5-9-17-10-12-18(13-11-17)15-7-8-15/h14-16H,3-13H2,1-2H3. The van der Waals surface area contributed by atoms with E-state index in [0.717, 1.165) is 18.6 Å². The van der Waals surface area contributed by atoms with Crippen LogP contribution in [0.15, 0.2) is 0 Å². The first-order valence-corrected chi connectivity index (χ1v) is 8.03. The minimum Gasteiger partial charge on any atom is -0.314 e. The van der Waals surface area contributed by atoms with Gasteiger partial charge >= 0.3 is 0 Å². The molecule has 1 aliphatic carbocycles. The van der Waals surface area contributed by atoms with Gasteiger partial charge in [-0.15, -0.1) is 0 Å². The summed E-state index contributed by atoms with van der Waals surface area (Å²) in [5.74, 6) is 0. The maximum absolute atomic E-state index is 3.57. The Morgan fingerprint density at radius 2 is 1.83 bits per heavy atom. The second kappa shape index (κ2) is 7.46. The van der Waals surface area contributed by atoms with Crippen molar-refractivity contribution in [1.82, 2.24) is 15.1 Å². The molecule has 2 rings (SSSR count). The largest absolute Gasteiger partial charge is 0.314 e. The Bertz CT molecular complexity index is 220. The minimum absolute atomic E-state index is 0.739. The van der Waals surface area contributed by atoms with E-state index in [2.05, 4.69) is 29.0 Å². The maximum Gasteiger partial charge on any atom is 0.0113 e. The van der Waals surface area contributed by atoms with Gasteiger partial charge in [-0.3, -0.25) is 4.90 Å². The van der Waals surface area contributed by atoms with E-state index in [1.165, 1.54) is 64.8 Å². The van der Waals surface area contributed by atoms with Gasteiger partial charge < -0.3 is 10.2 Å². The van der Waals surface area contributed by atoms with E-state index in [1.54, 1.807) is 0 Å². The van der Waals surface area contributed by atoms with Gasteiger partial charge in [0.15, 0.2) is 0 Å². The summed E-state index contributed by atoms with van der Waals surface area (Å²) in [7, 11) is 0. The van der Waals surface area contributed by atoms with Crippen LogP contribution in [0.3, 0.4) is 0 Å². The van der Waals surface area contributed by atoms with Gasteiger partial charge in [-0.2, -0.15) is 0 Å². The molecule has 2 fully saturated rings. The third-order valence-corrected chi connectivity index (χ3v) is 4.48. The van der Waals surface area contributed by atoms with Crippen molar-refractivity contribution < 1.29 is 0 Å². The predicted octanol–water partition coefficient (Wildman–Crippen LogP) is 1.93. The molecule has 1 unspecified atom stereocenters. The summed E-state index contributed by atoms with van der Waals surface area (Å²) in [6.45, 7) is 12.1. The summed E-state index contributed by atoms with van der Waals surface area (Å²) in [4.78, 5) is 5.36. The van der Waals surface area contributed by atoms with Crippen LogP contribution in [0.4, 0.5) is 0 Å². The Labute approximate surface area is 113 Å². The van der Waals surface area contributed by atoms with Gasteiger partial charge in [-0.25, -0.2) is 0 Å². The molecule has 1 saturated heterocycles. The Kier molecular flexibility index (Phi) is 5.93. The van der Waals surface area contributed by atoms with Gasteiger partial charge in [0.25, 0.3) is 0 Å². The van der Waals surface area contributed by atoms with Gasteiger partial charge in [-0.05, 0) is 45.2 Å². The first-order chi connectivity index (χ1) is 8.83. The van der Waals surface area contributed by atoms with E-state index in [1.807, 2.05) is 0 Å². The second-order valence-corrected chi connectivity index (χ2v) is 5.91. The van der Waals surface area contributed by atoms with Crippen LogP contribution in [0.2, 0.25) is 0 Å². The fourth-order valence-corrected chi connectivity index (χ4v) is 3.09. The summed E-state index contributed by atoms with van der Waals surface area (Å²) >= 11 is 0. The van der Waals surface area contributed by atoms with Crippen molar-refractivity contribution in [1.29, 1.82) is 0 Å². The Hall–Kier alpha value is -0.120. The van der Waals surface area contributed by atoms with Crippen molar-refractivity contribution in [3.63, 3.8) is 0 Å². The summed E-state index contributed by atoms with van der Waals surface area (Å²) in [5, 5.41) is 3.57. The molecule has 1 N–H and O–H groups in total. The third kappa shape index (κ3) is 4.52. The summed E-state index contributed by atoms with van der Waals surface area (Å²) in [5.41, 5.74) is 0. The minimum atomic E-state index is 0.739. The molecule has 1 atom stereocenters. The molecule has 0 aromatic rings. The number of hydrogen-bond acceptors (Lipinski definition) is 3. The van der Waals surface area contributed by atoms with Crippen molar-refractivity contribution in [3.05, 3.63) is 0 Å². The van der Waals surface area contributed by atoms with E-state index in [4.69, 9.17) is 0 Å². The van der Waals surface area contributed by atoms with E-state index >= 15 is 0 Å². The van der Waals surface area contributed by atoms with Crippen LogP contribution in [0.25, 0.3) is 0 Å². The molecule has 18 heavy (non-hydrogen) atoms. The molecule has 0 aromatic carbocycles. The Morgan fingerprint density at radius 1 is 1.11 bits per heavy atom. The Balaban J connectivity index is 1.54. The van der Waals surface area contributed by atoms with Crippen LogP contribution in [0.5, 0.6) is 0 Å². The van der Waals surface area contributed by atoms with Crippen LogP contribution in [-0.4, -0.2) is 61.2 Å². The van der Waals surface area contributed by atoms with Crippen molar-refractivity contribution in [2.75, 3.05) is 39.3 Å². The molecule has 2 aliphatic rings. The smallest absolute Gasteiger partial charge is 0.0113 e. The molecular formula is C15H31N3. The number of nitrogens with one attached hydrogen (secondary N) is 1. The van der Waals surface area contributed by atoms with E-state index in [0.29, 0.717) is 0 Å². The fourth-order valence-electron chi connectivity index (χ4n) is 3.09. The fraction of sp³-hybridized carbons (Fsp3) is 1.00. The third-order valence-electron chi connectivity index (χ3n) is 4.48. The number of nitrogens with zero attached hydrogens (tertiary/aromatic N) is 2. The van der Waals surface area contributed by atoms with Gasteiger partial charge in [-0.1, -0.05) is 13.8 Å². The normalized spacial score (nSPS) is 24.3. The number of piperazine rings is 1. The molecular weight excluding hydrogens is 222 g/mol. The molecule has 106 valence electrons. The summed E-state index contributed by atoms with van der Waals surface area (Å²) in [6.07, 6.45) is 6.88. The highest BCUT2D eigenvalue weighted by molar-refractivity contribution is 4.87. The van der Waals surface area contributed by atoms with Crippen molar-refractivity contribution in [2.45, 2.75) is 58.0 Å². The van der Waals surface area contributed by atoms with Crippen LogP contribution in [0, 0.1) is 0 Å².